The molecule has 0 radical (unpaired) electrons. The zero-order chi connectivity index (χ0) is 34.1. The molecule has 5 atom stereocenters. The van der Waals surface area contributed by atoms with E-state index in [0.717, 1.165) is 29.3 Å². The van der Waals surface area contributed by atoms with Crippen LogP contribution in [-0.2, 0) is 35.2 Å². The fourth-order valence-corrected chi connectivity index (χ4v) is 6.56. The molecule has 2 saturated heterocycles. The number of para-hydroxylation sites is 1. The molecule has 3 N–H and O–H groups in total. The molecule has 12 heteroatoms. The molecule has 1 aromatic heterocycles. The van der Waals surface area contributed by atoms with Crippen molar-refractivity contribution < 1.29 is 33.6 Å². The van der Waals surface area contributed by atoms with E-state index < -0.39 is 47.5 Å². The highest BCUT2D eigenvalue weighted by Gasteiger charge is 2.37. The SMILES string of the molecule is CC[C@H](C)[C@@H]1NC(=O)[C@H](Cc2cn(OC)c3ccccc23)NC(=O)[C@H](CCCCCC(=O)C(C)=O)NC(=O)[C@H]2CCCCN2CC1=O. The maximum Gasteiger partial charge on any atom is 0.243 e. The van der Waals surface area contributed by atoms with Crippen LogP contribution in [0.3, 0.4) is 0 Å². The van der Waals surface area contributed by atoms with Crippen LogP contribution < -0.4 is 20.8 Å². The molecule has 2 aliphatic heterocycles. The smallest absolute Gasteiger partial charge is 0.243 e. The Morgan fingerprint density at radius 2 is 1.68 bits per heavy atom. The number of Topliss-reactive ketones (excluding diaryl/α,β-unsaturated/α-hetero) is 3. The van der Waals surface area contributed by atoms with Crippen LogP contribution in [0.4, 0.5) is 0 Å². The molecule has 0 saturated carbocycles. The molecular weight excluding hydrogens is 602 g/mol. The summed E-state index contributed by atoms with van der Waals surface area (Å²) in [6.07, 6.45) is 6.80. The van der Waals surface area contributed by atoms with Crippen LogP contribution in [0.2, 0.25) is 0 Å². The first-order chi connectivity index (χ1) is 22.5. The Morgan fingerprint density at radius 3 is 2.40 bits per heavy atom. The van der Waals surface area contributed by atoms with E-state index in [4.69, 9.17) is 4.84 Å². The molecule has 0 aliphatic carbocycles. The van der Waals surface area contributed by atoms with E-state index in [1.807, 2.05) is 43.0 Å². The lowest BCUT2D eigenvalue weighted by molar-refractivity contribution is -0.135. The molecule has 3 heterocycles. The van der Waals surface area contributed by atoms with Gasteiger partial charge >= 0.3 is 0 Å². The Morgan fingerprint density at radius 1 is 0.957 bits per heavy atom. The molecular formula is C35H49N5O7. The second-order valence-electron chi connectivity index (χ2n) is 12.9. The van der Waals surface area contributed by atoms with Crippen LogP contribution in [0.25, 0.3) is 10.9 Å². The van der Waals surface area contributed by atoms with Gasteiger partial charge in [0.1, 0.15) is 19.2 Å². The van der Waals surface area contributed by atoms with Gasteiger partial charge in [0.15, 0.2) is 17.3 Å². The summed E-state index contributed by atoms with van der Waals surface area (Å²) in [6, 6.07) is 4.24. The summed E-state index contributed by atoms with van der Waals surface area (Å²) in [7, 11) is 1.54. The summed E-state index contributed by atoms with van der Waals surface area (Å²) in [5.74, 6) is -2.52. The number of aromatic nitrogens is 1. The third-order valence-electron chi connectivity index (χ3n) is 9.57. The van der Waals surface area contributed by atoms with Gasteiger partial charge in [-0.25, -0.2) is 0 Å². The number of fused-ring (bicyclic) bond motifs is 2. The lowest BCUT2D eigenvalue weighted by atomic mass is 9.93. The van der Waals surface area contributed by atoms with Gasteiger partial charge in [0.25, 0.3) is 0 Å². The van der Waals surface area contributed by atoms with Gasteiger partial charge in [0.05, 0.1) is 24.1 Å². The van der Waals surface area contributed by atoms with Crippen LogP contribution in [0.1, 0.15) is 84.1 Å². The molecule has 256 valence electrons. The third-order valence-corrected chi connectivity index (χ3v) is 9.57. The second kappa shape index (κ2) is 16.7. The molecule has 12 nitrogen and oxygen atoms in total. The van der Waals surface area contributed by atoms with Crippen molar-refractivity contribution in [2.45, 2.75) is 109 Å². The van der Waals surface area contributed by atoms with Crippen LogP contribution in [0.15, 0.2) is 30.5 Å². The Kier molecular flexibility index (Phi) is 12.7. The number of piperidine rings is 1. The van der Waals surface area contributed by atoms with Crippen LogP contribution in [0.5, 0.6) is 0 Å². The van der Waals surface area contributed by atoms with Crippen molar-refractivity contribution in [1.29, 1.82) is 0 Å². The van der Waals surface area contributed by atoms with Gasteiger partial charge in [-0.1, -0.05) is 57.7 Å². The summed E-state index contributed by atoms with van der Waals surface area (Å²) in [6.45, 7) is 5.72. The van der Waals surface area contributed by atoms with Crippen molar-refractivity contribution in [3.05, 3.63) is 36.0 Å². The minimum Gasteiger partial charge on any atom is -0.417 e. The van der Waals surface area contributed by atoms with E-state index in [1.165, 1.54) is 6.92 Å². The Bertz CT molecular complexity index is 1470. The standard InChI is InChI=1S/C35H49N5O7/c1-5-22(2)32-31(43)21-39-18-12-11-16-29(39)35(46)36-26(14-7-6-8-17-30(42)23(3)41)33(44)37-27(34(45)38-32)19-24-20-40(47-4)28-15-10-9-13-25(24)28/h9-10,13,15,20,22,26-27,29,32H,5-8,11-12,14,16-19,21H2,1-4H3,(H,36,46)(H,37,44)(H,38,45)/t22-,26-,27-,29+,32-/m0/s1. The molecule has 2 fully saturated rings. The molecule has 0 unspecified atom stereocenters. The maximum absolute atomic E-state index is 14.1. The Labute approximate surface area is 276 Å². The highest BCUT2D eigenvalue weighted by molar-refractivity contribution is 6.36. The second-order valence-corrected chi connectivity index (χ2v) is 12.9. The number of hydrogen-bond acceptors (Lipinski definition) is 8. The molecule has 0 spiro atoms. The van der Waals surface area contributed by atoms with Gasteiger partial charge < -0.3 is 20.8 Å². The van der Waals surface area contributed by atoms with E-state index in [9.17, 15) is 28.8 Å². The van der Waals surface area contributed by atoms with Gasteiger partial charge in [0.2, 0.25) is 17.7 Å². The molecule has 2 aromatic rings. The quantitative estimate of drug-likeness (QED) is 0.233. The normalized spacial score (nSPS) is 23.7. The van der Waals surface area contributed by atoms with Gasteiger partial charge in [-0.15, -0.1) is 0 Å². The highest BCUT2D eigenvalue weighted by Crippen LogP contribution is 2.23. The predicted molar refractivity (Wildman–Crippen MR) is 176 cm³/mol. The van der Waals surface area contributed by atoms with Gasteiger partial charge in [-0.2, -0.15) is 4.73 Å². The van der Waals surface area contributed by atoms with E-state index in [0.29, 0.717) is 38.6 Å². The molecule has 4 rings (SSSR count). The zero-order valence-corrected chi connectivity index (χ0v) is 28.0. The first kappa shape index (κ1) is 35.8. The van der Waals surface area contributed by atoms with E-state index in [-0.39, 0.29) is 43.4 Å². The maximum atomic E-state index is 14.1. The van der Waals surface area contributed by atoms with E-state index in [1.54, 1.807) is 18.0 Å². The number of ketones is 3. The number of benzene rings is 1. The molecule has 3 amide bonds. The van der Waals surface area contributed by atoms with Crippen molar-refractivity contribution in [1.82, 2.24) is 25.6 Å². The third kappa shape index (κ3) is 9.06. The topological polar surface area (TPSA) is 156 Å². The van der Waals surface area contributed by atoms with Gasteiger partial charge in [0, 0.05) is 31.3 Å². The highest BCUT2D eigenvalue weighted by atomic mass is 16.6. The van der Waals surface area contributed by atoms with Crippen molar-refractivity contribution in [2.24, 2.45) is 5.92 Å². The summed E-state index contributed by atoms with van der Waals surface area (Å²) in [5.41, 5.74) is 1.57. The monoisotopic (exact) mass is 651 g/mol. The fraction of sp³-hybridized carbons (Fsp3) is 0.600. The van der Waals surface area contributed by atoms with Crippen molar-refractivity contribution in [3.8, 4) is 0 Å². The van der Waals surface area contributed by atoms with Crippen molar-refractivity contribution >= 4 is 46.0 Å². The number of nitrogens with zero attached hydrogens (tertiary/aromatic N) is 2. The lowest BCUT2D eigenvalue weighted by Crippen LogP contribution is -2.57. The van der Waals surface area contributed by atoms with E-state index in [2.05, 4.69) is 16.0 Å². The predicted octanol–water partition coefficient (Wildman–Crippen LogP) is 2.29. The van der Waals surface area contributed by atoms with E-state index >= 15 is 0 Å². The minimum absolute atomic E-state index is 0.0234. The molecule has 47 heavy (non-hydrogen) atoms. The van der Waals surface area contributed by atoms with Gasteiger partial charge in [-0.05, 0) is 49.8 Å². The lowest BCUT2D eigenvalue weighted by Gasteiger charge is -2.36. The van der Waals surface area contributed by atoms with Crippen LogP contribution in [-0.4, -0.2) is 89.1 Å². The molecule has 2 aliphatic rings. The van der Waals surface area contributed by atoms with Crippen LogP contribution >= 0.6 is 0 Å². The number of rotatable bonds is 12. The number of unbranched alkanes of at least 4 members (excludes halogenated alkanes) is 2. The van der Waals surface area contributed by atoms with Crippen molar-refractivity contribution in [2.75, 3.05) is 20.2 Å². The molecule has 0 bridgehead atoms. The number of carbonyl (C=O) groups is 6. The largest absolute Gasteiger partial charge is 0.417 e. The number of nitrogens with one attached hydrogen (secondary N) is 3. The Balaban J connectivity index is 1.65. The zero-order valence-electron chi connectivity index (χ0n) is 28.0. The van der Waals surface area contributed by atoms with Crippen molar-refractivity contribution in [3.63, 3.8) is 0 Å². The average Bonchev–Trinajstić information content (AvgIpc) is 3.42. The molecule has 1 aromatic carbocycles. The number of carbonyl (C=O) groups excluding carboxylic acids is 6. The number of amides is 3. The van der Waals surface area contributed by atoms with Gasteiger partial charge in [-0.3, -0.25) is 33.7 Å². The summed E-state index contributed by atoms with van der Waals surface area (Å²) in [5, 5.41) is 9.70. The summed E-state index contributed by atoms with van der Waals surface area (Å²) in [4.78, 5) is 86.0. The Hall–Kier alpha value is -4.06. The minimum atomic E-state index is -1.05. The number of hydrogen-bond donors (Lipinski definition) is 3. The summed E-state index contributed by atoms with van der Waals surface area (Å²) < 4.78 is 1.60. The summed E-state index contributed by atoms with van der Waals surface area (Å²) >= 11 is 0. The fourth-order valence-electron chi connectivity index (χ4n) is 6.56. The first-order valence-corrected chi connectivity index (χ1v) is 16.9. The average molecular weight is 652 g/mol. The first-order valence-electron chi connectivity index (χ1n) is 16.9. The van der Waals surface area contributed by atoms with Crippen LogP contribution in [0, 0.1) is 5.92 Å².